The molecule has 1 fully saturated rings. The molecule has 1 saturated heterocycles. The van der Waals surface area contributed by atoms with Crippen molar-refractivity contribution in [1.29, 1.82) is 0 Å². The molecule has 1 aliphatic heterocycles. The summed E-state index contributed by atoms with van der Waals surface area (Å²) >= 11 is 0. The van der Waals surface area contributed by atoms with Crippen LogP contribution in [0.2, 0.25) is 0 Å². The molecule has 0 aliphatic carbocycles. The van der Waals surface area contributed by atoms with Crippen molar-refractivity contribution in [3.05, 3.63) is 29.3 Å². The van der Waals surface area contributed by atoms with E-state index in [9.17, 15) is 0 Å². The van der Waals surface area contributed by atoms with Crippen molar-refractivity contribution < 1.29 is 9.64 Å². The topological polar surface area (TPSA) is 13.7 Å². The number of likely N-dealkylation sites (tertiary alicyclic amines) is 1. The van der Waals surface area contributed by atoms with Crippen molar-refractivity contribution in [3.63, 3.8) is 0 Å². The molecule has 1 aliphatic rings. The van der Waals surface area contributed by atoms with Crippen molar-refractivity contribution >= 4 is 0 Å². The first-order valence-corrected chi connectivity index (χ1v) is 7.23. The second-order valence-electron chi connectivity index (χ2n) is 5.73. The average Bonchev–Trinajstić information content (AvgIpc) is 2.81. The van der Waals surface area contributed by atoms with E-state index >= 15 is 0 Å². The number of quaternary nitrogens is 1. The lowest BCUT2D eigenvalue weighted by Crippen LogP contribution is -3.10. The molecule has 0 spiro atoms. The summed E-state index contributed by atoms with van der Waals surface area (Å²) in [5.74, 6) is 1.61. The summed E-state index contributed by atoms with van der Waals surface area (Å²) < 4.78 is 5.86. The van der Waals surface area contributed by atoms with E-state index in [1.54, 1.807) is 4.90 Å². The second-order valence-corrected chi connectivity index (χ2v) is 5.73. The van der Waals surface area contributed by atoms with Crippen LogP contribution >= 0.6 is 0 Å². The smallest absolute Gasteiger partial charge is 0.137 e. The molecule has 2 heteroatoms. The van der Waals surface area contributed by atoms with Gasteiger partial charge in [0.05, 0.1) is 13.1 Å². The molecule has 0 amide bonds. The molecule has 18 heavy (non-hydrogen) atoms. The number of nitrogens with one attached hydrogen (secondary N) is 1. The third kappa shape index (κ3) is 3.49. The summed E-state index contributed by atoms with van der Waals surface area (Å²) in [5, 5.41) is 0. The Kier molecular flexibility index (Phi) is 4.65. The lowest BCUT2D eigenvalue weighted by atomic mass is 9.98. The zero-order valence-corrected chi connectivity index (χ0v) is 12.0. The minimum atomic E-state index is 0.591. The van der Waals surface area contributed by atoms with Gasteiger partial charge in [0.1, 0.15) is 18.9 Å². The monoisotopic (exact) mass is 248 g/mol. The Morgan fingerprint density at radius 1 is 1.22 bits per heavy atom. The molecule has 0 bridgehead atoms. The first-order valence-electron chi connectivity index (χ1n) is 7.23. The van der Waals surface area contributed by atoms with E-state index in [0.29, 0.717) is 5.92 Å². The second kappa shape index (κ2) is 6.24. The molecule has 100 valence electrons. The maximum Gasteiger partial charge on any atom is 0.137 e. The Morgan fingerprint density at radius 2 is 1.94 bits per heavy atom. The highest BCUT2D eigenvalue weighted by Crippen LogP contribution is 2.23. The molecule has 0 atom stereocenters. The molecule has 2 nitrogen and oxygen atoms in total. The van der Waals surface area contributed by atoms with Gasteiger partial charge in [-0.2, -0.15) is 0 Å². The van der Waals surface area contributed by atoms with Gasteiger partial charge in [-0.1, -0.05) is 19.9 Å². The zero-order chi connectivity index (χ0) is 13.0. The van der Waals surface area contributed by atoms with Crippen molar-refractivity contribution in [1.82, 2.24) is 0 Å². The third-order valence-electron chi connectivity index (χ3n) is 3.90. The molecule has 0 radical (unpaired) electrons. The fourth-order valence-electron chi connectivity index (χ4n) is 2.82. The number of hydrogen-bond donors (Lipinski definition) is 1. The summed E-state index contributed by atoms with van der Waals surface area (Å²) in [4.78, 5) is 1.70. The lowest BCUT2D eigenvalue weighted by Gasteiger charge is -2.14. The lowest BCUT2D eigenvalue weighted by molar-refractivity contribution is -0.887. The minimum Gasteiger partial charge on any atom is -0.488 e. The van der Waals surface area contributed by atoms with E-state index in [2.05, 4.69) is 39.0 Å². The van der Waals surface area contributed by atoms with Crippen molar-refractivity contribution in [2.45, 2.75) is 39.5 Å². The van der Waals surface area contributed by atoms with Gasteiger partial charge >= 0.3 is 0 Å². The van der Waals surface area contributed by atoms with Crippen LogP contribution in [0.3, 0.4) is 0 Å². The van der Waals surface area contributed by atoms with E-state index < -0.39 is 0 Å². The third-order valence-corrected chi connectivity index (χ3v) is 3.90. The number of rotatable bonds is 5. The first-order chi connectivity index (χ1) is 8.66. The number of hydrogen-bond acceptors (Lipinski definition) is 1. The summed E-state index contributed by atoms with van der Waals surface area (Å²) in [7, 11) is 0. The van der Waals surface area contributed by atoms with E-state index in [0.717, 1.165) is 18.9 Å². The number of benzene rings is 1. The Hall–Kier alpha value is -1.02. The van der Waals surface area contributed by atoms with E-state index in [-0.39, 0.29) is 0 Å². The summed E-state index contributed by atoms with van der Waals surface area (Å²) in [6, 6.07) is 6.49. The van der Waals surface area contributed by atoms with Gasteiger partial charge in [-0.15, -0.1) is 0 Å². The molecule has 0 saturated carbocycles. The largest absolute Gasteiger partial charge is 0.488 e. The van der Waals surface area contributed by atoms with Crippen LogP contribution in [0.15, 0.2) is 18.2 Å². The SMILES string of the molecule is Cc1cc(OCC[NH+]2CCCC2)ccc1C(C)C. The van der Waals surface area contributed by atoms with Gasteiger partial charge in [0.25, 0.3) is 0 Å². The standard InChI is InChI=1S/C16H25NO/c1-13(2)16-7-6-15(12-14(16)3)18-11-10-17-8-4-5-9-17/h6-7,12-13H,4-5,8-11H2,1-3H3/p+1. The Labute approximate surface area is 111 Å². The molecule has 0 unspecified atom stereocenters. The van der Waals surface area contributed by atoms with Crippen LogP contribution in [0.4, 0.5) is 0 Å². The normalized spacial score (nSPS) is 16.4. The number of aryl methyl sites for hydroxylation is 1. The van der Waals surface area contributed by atoms with Gasteiger partial charge in [-0.05, 0) is 36.1 Å². The predicted octanol–water partition coefficient (Wildman–Crippen LogP) is 2.18. The first kappa shape index (κ1) is 13.4. The number of ether oxygens (including phenoxy) is 1. The van der Waals surface area contributed by atoms with Gasteiger partial charge in [-0.25, -0.2) is 0 Å². The summed E-state index contributed by atoms with van der Waals surface area (Å²) in [5.41, 5.74) is 2.77. The Morgan fingerprint density at radius 3 is 2.56 bits per heavy atom. The molecule has 2 rings (SSSR count). The van der Waals surface area contributed by atoms with Crippen LogP contribution in [0.1, 0.15) is 43.7 Å². The van der Waals surface area contributed by atoms with Crippen molar-refractivity contribution in [3.8, 4) is 5.75 Å². The van der Waals surface area contributed by atoms with Gasteiger partial charge in [-0.3, -0.25) is 0 Å². The molecule has 1 aromatic carbocycles. The van der Waals surface area contributed by atoms with Crippen molar-refractivity contribution in [2.24, 2.45) is 0 Å². The molecule has 1 N–H and O–H groups in total. The maximum atomic E-state index is 5.86. The van der Waals surface area contributed by atoms with E-state index in [1.807, 2.05) is 0 Å². The molecule has 0 aromatic heterocycles. The van der Waals surface area contributed by atoms with E-state index in [4.69, 9.17) is 4.74 Å². The van der Waals surface area contributed by atoms with Gasteiger partial charge in [0.2, 0.25) is 0 Å². The molecular weight excluding hydrogens is 222 g/mol. The van der Waals surface area contributed by atoms with E-state index in [1.165, 1.54) is 37.1 Å². The maximum absolute atomic E-state index is 5.86. The van der Waals surface area contributed by atoms with Crippen LogP contribution in [-0.2, 0) is 0 Å². The van der Waals surface area contributed by atoms with Gasteiger partial charge in [0, 0.05) is 12.8 Å². The van der Waals surface area contributed by atoms with Crippen LogP contribution in [0, 0.1) is 6.92 Å². The highest BCUT2D eigenvalue weighted by atomic mass is 16.5. The predicted molar refractivity (Wildman–Crippen MR) is 75.6 cm³/mol. The Bertz CT molecular complexity index is 381. The highest BCUT2D eigenvalue weighted by molar-refractivity contribution is 5.36. The van der Waals surface area contributed by atoms with Crippen molar-refractivity contribution in [2.75, 3.05) is 26.2 Å². The van der Waals surface area contributed by atoms with Crippen LogP contribution in [-0.4, -0.2) is 26.2 Å². The molecule has 1 heterocycles. The van der Waals surface area contributed by atoms with Crippen LogP contribution in [0.25, 0.3) is 0 Å². The average molecular weight is 248 g/mol. The molecule has 1 aromatic rings. The quantitative estimate of drug-likeness (QED) is 0.843. The van der Waals surface area contributed by atoms with Gasteiger partial charge < -0.3 is 9.64 Å². The van der Waals surface area contributed by atoms with Gasteiger partial charge in [0.15, 0.2) is 0 Å². The van der Waals surface area contributed by atoms with Crippen LogP contribution in [0.5, 0.6) is 5.75 Å². The summed E-state index contributed by atoms with van der Waals surface area (Å²) in [6.07, 6.45) is 2.77. The fraction of sp³-hybridized carbons (Fsp3) is 0.625. The zero-order valence-electron chi connectivity index (χ0n) is 12.0. The highest BCUT2D eigenvalue weighted by Gasteiger charge is 2.14. The Balaban J connectivity index is 1.84. The minimum absolute atomic E-state index is 0.591. The summed E-state index contributed by atoms with van der Waals surface area (Å²) in [6.45, 7) is 11.3. The fourth-order valence-corrected chi connectivity index (χ4v) is 2.82. The van der Waals surface area contributed by atoms with Crippen LogP contribution < -0.4 is 9.64 Å². The molecular formula is C16H26NO+.